The van der Waals surface area contributed by atoms with Crippen LogP contribution in [0.3, 0.4) is 0 Å². The van der Waals surface area contributed by atoms with E-state index in [1.165, 1.54) is 55.3 Å². The molecule has 0 aliphatic heterocycles. The molecule has 0 saturated heterocycles. The van der Waals surface area contributed by atoms with E-state index in [9.17, 15) is 0 Å². The van der Waals surface area contributed by atoms with Gasteiger partial charge in [-0.3, -0.25) is 4.90 Å². The predicted octanol–water partition coefficient (Wildman–Crippen LogP) is 4.35. The zero-order valence-electron chi connectivity index (χ0n) is 14.2. The second-order valence-corrected chi connectivity index (χ2v) is 6.84. The predicted molar refractivity (Wildman–Crippen MR) is 91.6 cm³/mol. The highest BCUT2D eigenvalue weighted by molar-refractivity contribution is 5.32. The highest BCUT2D eigenvalue weighted by Crippen LogP contribution is 2.31. The summed E-state index contributed by atoms with van der Waals surface area (Å²) < 4.78 is 0. The molecule has 118 valence electrons. The van der Waals surface area contributed by atoms with E-state index < -0.39 is 0 Å². The van der Waals surface area contributed by atoms with Crippen molar-refractivity contribution in [3.05, 3.63) is 34.9 Å². The molecule has 0 aromatic heterocycles. The Kier molecular flexibility index (Phi) is 5.83. The maximum atomic E-state index is 6.08. The molecule has 0 heterocycles. The van der Waals surface area contributed by atoms with Crippen LogP contribution in [0.1, 0.15) is 68.7 Å². The lowest BCUT2D eigenvalue weighted by atomic mass is 9.88. The molecule has 1 aliphatic rings. The lowest BCUT2D eigenvalue weighted by molar-refractivity contribution is 0.107. The van der Waals surface area contributed by atoms with Gasteiger partial charge in [0.15, 0.2) is 0 Å². The summed E-state index contributed by atoms with van der Waals surface area (Å²) in [6.07, 6.45) is 6.11. The Balaban J connectivity index is 2.16. The second-order valence-electron chi connectivity index (χ2n) is 6.84. The molecule has 0 spiro atoms. The van der Waals surface area contributed by atoms with Gasteiger partial charge in [0.2, 0.25) is 0 Å². The smallest absolute Gasteiger partial charge is 0.0325 e. The molecular weight excluding hydrogens is 256 g/mol. The third-order valence-electron chi connectivity index (χ3n) is 5.07. The van der Waals surface area contributed by atoms with Crippen LogP contribution in [0.5, 0.6) is 0 Å². The fraction of sp³-hybridized carbons (Fsp3) is 0.684. The van der Waals surface area contributed by atoms with Crippen molar-refractivity contribution < 1.29 is 0 Å². The van der Waals surface area contributed by atoms with Gasteiger partial charge in [-0.15, -0.1) is 0 Å². The maximum Gasteiger partial charge on any atom is 0.0325 e. The third kappa shape index (κ3) is 4.08. The fourth-order valence-corrected chi connectivity index (χ4v) is 3.86. The number of hydrogen-bond acceptors (Lipinski definition) is 2. The summed E-state index contributed by atoms with van der Waals surface area (Å²) in [5, 5.41) is 0. The van der Waals surface area contributed by atoms with E-state index in [1.54, 1.807) is 0 Å². The van der Waals surface area contributed by atoms with Crippen molar-refractivity contribution in [3.63, 3.8) is 0 Å². The Morgan fingerprint density at radius 1 is 1.19 bits per heavy atom. The molecule has 0 amide bonds. The zero-order chi connectivity index (χ0) is 15.4. The Hall–Kier alpha value is -0.860. The molecule has 1 fully saturated rings. The summed E-state index contributed by atoms with van der Waals surface area (Å²) >= 11 is 0. The zero-order valence-corrected chi connectivity index (χ0v) is 14.2. The molecule has 0 radical (unpaired) electrons. The first-order chi connectivity index (χ1) is 10.0. The summed E-state index contributed by atoms with van der Waals surface area (Å²) in [4.78, 5) is 2.73. The molecule has 2 rings (SSSR count). The van der Waals surface area contributed by atoms with Crippen molar-refractivity contribution in [1.29, 1.82) is 0 Å². The topological polar surface area (TPSA) is 29.3 Å². The van der Waals surface area contributed by atoms with Crippen LogP contribution in [-0.2, 0) is 0 Å². The SMILES string of the molecule is CCCN(C1CCC(N)CC1)C(C)c1ccc(C)cc1C. The average Bonchev–Trinajstić information content (AvgIpc) is 2.45. The number of nitrogens with two attached hydrogens (primary N) is 1. The molecule has 1 aliphatic carbocycles. The average molecular weight is 288 g/mol. The lowest BCUT2D eigenvalue weighted by Gasteiger charge is -2.40. The van der Waals surface area contributed by atoms with Crippen LogP contribution in [0.25, 0.3) is 0 Å². The number of aryl methyl sites for hydroxylation is 2. The minimum absolute atomic E-state index is 0.432. The molecule has 1 aromatic carbocycles. The van der Waals surface area contributed by atoms with Gasteiger partial charge < -0.3 is 5.73 Å². The molecule has 1 aromatic rings. The van der Waals surface area contributed by atoms with Gasteiger partial charge in [-0.25, -0.2) is 0 Å². The van der Waals surface area contributed by atoms with E-state index in [0.717, 1.165) is 0 Å². The van der Waals surface area contributed by atoms with Crippen LogP contribution in [0.15, 0.2) is 18.2 Å². The van der Waals surface area contributed by atoms with Crippen LogP contribution in [-0.4, -0.2) is 23.5 Å². The number of benzene rings is 1. The van der Waals surface area contributed by atoms with Crippen molar-refractivity contribution >= 4 is 0 Å². The molecule has 21 heavy (non-hydrogen) atoms. The van der Waals surface area contributed by atoms with Gasteiger partial charge in [0.25, 0.3) is 0 Å². The standard InChI is InChI=1S/C19H32N2/c1-5-12-21(18-9-7-17(20)8-10-18)16(4)19-11-6-14(2)13-15(19)3/h6,11,13,16-18H,5,7-10,12,20H2,1-4H3. The Bertz CT molecular complexity index is 447. The molecule has 2 heteroatoms. The minimum atomic E-state index is 0.432. The van der Waals surface area contributed by atoms with Gasteiger partial charge in [0.1, 0.15) is 0 Å². The first-order valence-corrected chi connectivity index (χ1v) is 8.61. The van der Waals surface area contributed by atoms with Crippen molar-refractivity contribution in [2.45, 2.75) is 77.9 Å². The quantitative estimate of drug-likeness (QED) is 0.873. The van der Waals surface area contributed by atoms with Crippen molar-refractivity contribution in [3.8, 4) is 0 Å². The number of nitrogens with zero attached hydrogens (tertiary/aromatic N) is 1. The van der Waals surface area contributed by atoms with E-state index in [2.05, 4.69) is 50.8 Å². The van der Waals surface area contributed by atoms with Gasteiger partial charge in [-0.1, -0.05) is 30.7 Å². The second kappa shape index (κ2) is 7.42. The highest BCUT2D eigenvalue weighted by atomic mass is 15.2. The van der Waals surface area contributed by atoms with Gasteiger partial charge in [-0.05, 0) is 70.5 Å². The normalized spacial score (nSPS) is 24.3. The fourth-order valence-electron chi connectivity index (χ4n) is 3.86. The van der Waals surface area contributed by atoms with Crippen LogP contribution in [0.2, 0.25) is 0 Å². The summed E-state index contributed by atoms with van der Waals surface area (Å²) in [7, 11) is 0. The van der Waals surface area contributed by atoms with Gasteiger partial charge in [-0.2, -0.15) is 0 Å². The van der Waals surface area contributed by atoms with Crippen molar-refractivity contribution in [2.75, 3.05) is 6.54 Å². The third-order valence-corrected chi connectivity index (χ3v) is 5.07. The first-order valence-electron chi connectivity index (χ1n) is 8.61. The Morgan fingerprint density at radius 3 is 2.43 bits per heavy atom. The lowest BCUT2D eigenvalue weighted by Crippen LogP contribution is -2.42. The summed E-state index contributed by atoms with van der Waals surface area (Å²) in [5.74, 6) is 0. The highest BCUT2D eigenvalue weighted by Gasteiger charge is 2.28. The summed E-state index contributed by atoms with van der Waals surface area (Å²) in [6, 6.07) is 8.53. The van der Waals surface area contributed by atoms with Crippen LogP contribution < -0.4 is 5.73 Å². The number of rotatable bonds is 5. The van der Waals surface area contributed by atoms with E-state index >= 15 is 0 Å². The largest absolute Gasteiger partial charge is 0.328 e. The monoisotopic (exact) mass is 288 g/mol. The molecule has 1 atom stereocenters. The summed E-state index contributed by atoms with van der Waals surface area (Å²) in [5.41, 5.74) is 10.4. The number of hydrogen-bond donors (Lipinski definition) is 1. The van der Waals surface area contributed by atoms with Crippen LogP contribution in [0, 0.1) is 13.8 Å². The molecule has 1 unspecified atom stereocenters. The van der Waals surface area contributed by atoms with E-state index in [4.69, 9.17) is 5.73 Å². The van der Waals surface area contributed by atoms with E-state index in [0.29, 0.717) is 18.1 Å². The first kappa shape index (κ1) is 16.5. The summed E-state index contributed by atoms with van der Waals surface area (Å²) in [6.45, 7) is 10.3. The molecule has 0 bridgehead atoms. The van der Waals surface area contributed by atoms with E-state index in [-0.39, 0.29) is 0 Å². The van der Waals surface area contributed by atoms with Crippen molar-refractivity contribution in [1.82, 2.24) is 4.90 Å². The van der Waals surface area contributed by atoms with Crippen LogP contribution >= 0.6 is 0 Å². The molecular formula is C19H32N2. The molecule has 1 saturated carbocycles. The molecule has 2 N–H and O–H groups in total. The minimum Gasteiger partial charge on any atom is -0.328 e. The Morgan fingerprint density at radius 2 is 1.86 bits per heavy atom. The van der Waals surface area contributed by atoms with Gasteiger partial charge in [0.05, 0.1) is 0 Å². The maximum absolute atomic E-state index is 6.08. The van der Waals surface area contributed by atoms with Crippen molar-refractivity contribution in [2.24, 2.45) is 5.73 Å². The van der Waals surface area contributed by atoms with Crippen LogP contribution in [0.4, 0.5) is 0 Å². The van der Waals surface area contributed by atoms with Gasteiger partial charge in [0, 0.05) is 18.1 Å². The van der Waals surface area contributed by atoms with Gasteiger partial charge >= 0.3 is 0 Å². The van der Waals surface area contributed by atoms with E-state index in [1.807, 2.05) is 0 Å². The molecule has 2 nitrogen and oxygen atoms in total. The Labute approximate surface area is 130 Å².